The predicted octanol–water partition coefficient (Wildman–Crippen LogP) is -0.0362. The molecule has 98 valence electrons. The third kappa shape index (κ3) is 2.47. The van der Waals surface area contributed by atoms with Crippen LogP contribution >= 0.6 is 11.6 Å². The Labute approximate surface area is 107 Å². The minimum absolute atomic E-state index is 0.104. The van der Waals surface area contributed by atoms with Gasteiger partial charge in [-0.05, 0) is 18.2 Å². The van der Waals surface area contributed by atoms with Gasteiger partial charge in [0.05, 0.1) is 17.6 Å². The average molecular weight is 273 g/mol. The maximum absolute atomic E-state index is 9.81. The molecule has 5 N–H and O–H groups in total. The molecule has 0 unspecified atom stereocenters. The van der Waals surface area contributed by atoms with E-state index < -0.39 is 24.9 Å². The molecule has 3 atom stereocenters. The van der Waals surface area contributed by atoms with E-state index in [1.807, 2.05) is 0 Å². The zero-order chi connectivity index (χ0) is 13.3. The smallest absolute Gasteiger partial charge is 0.140 e. The molecular formula is C11H13ClN2O4. The molecule has 0 spiro atoms. The van der Waals surface area contributed by atoms with E-state index in [1.54, 1.807) is 18.2 Å². The van der Waals surface area contributed by atoms with Gasteiger partial charge in [0.15, 0.2) is 0 Å². The first kappa shape index (κ1) is 13.3. The highest BCUT2D eigenvalue weighted by molar-refractivity contribution is 6.31. The van der Waals surface area contributed by atoms with Gasteiger partial charge in [-0.15, -0.1) is 0 Å². The van der Waals surface area contributed by atoms with Gasteiger partial charge in [-0.25, -0.2) is 4.98 Å². The fraction of sp³-hybridized carbons (Fsp3) is 0.364. The van der Waals surface area contributed by atoms with Gasteiger partial charge < -0.3 is 25.4 Å². The minimum atomic E-state index is -1.52. The third-order valence-corrected chi connectivity index (χ3v) is 2.88. The van der Waals surface area contributed by atoms with E-state index in [-0.39, 0.29) is 5.82 Å². The molecule has 0 radical (unpaired) electrons. The number of H-pyrrole nitrogens is 1. The van der Waals surface area contributed by atoms with Crippen LogP contribution in [0.15, 0.2) is 18.2 Å². The van der Waals surface area contributed by atoms with Gasteiger partial charge in [0, 0.05) is 5.02 Å². The van der Waals surface area contributed by atoms with Crippen molar-refractivity contribution in [3.63, 3.8) is 0 Å². The number of fused-ring (bicyclic) bond motifs is 1. The number of aromatic amines is 1. The summed E-state index contributed by atoms with van der Waals surface area (Å²) in [5.41, 5.74) is 1.20. The summed E-state index contributed by atoms with van der Waals surface area (Å²) in [7, 11) is 0. The highest BCUT2D eigenvalue weighted by Crippen LogP contribution is 2.22. The molecule has 7 heteroatoms. The lowest BCUT2D eigenvalue weighted by Crippen LogP contribution is -2.35. The van der Waals surface area contributed by atoms with E-state index in [0.717, 1.165) is 0 Å². The molecule has 2 rings (SSSR count). The largest absolute Gasteiger partial charge is 0.394 e. The Morgan fingerprint density at radius 3 is 2.67 bits per heavy atom. The number of aliphatic hydroxyl groups excluding tert-OH is 4. The quantitative estimate of drug-likeness (QED) is 0.537. The molecule has 2 aromatic rings. The molecule has 1 aromatic heterocycles. The van der Waals surface area contributed by atoms with Crippen LogP contribution in [0.4, 0.5) is 0 Å². The monoisotopic (exact) mass is 272 g/mol. The second kappa shape index (κ2) is 5.21. The van der Waals surface area contributed by atoms with E-state index >= 15 is 0 Å². The van der Waals surface area contributed by atoms with Gasteiger partial charge in [-0.1, -0.05) is 11.6 Å². The molecule has 18 heavy (non-hydrogen) atoms. The number of hydrogen-bond donors (Lipinski definition) is 5. The van der Waals surface area contributed by atoms with Crippen molar-refractivity contribution in [2.45, 2.75) is 18.3 Å². The molecule has 0 aliphatic heterocycles. The first-order chi connectivity index (χ1) is 8.52. The molecule has 1 aromatic carbocycles. The first-order valence-electron chi connectivity index (χ1n) is 5.33. The Balaban J connectivity index is 2.30. The SMILES string of the molecule is OC[C@@H](O)[C@@H](O)[C@H](O)c1nc2ccc(Cl)cc2[nH]1. The maximum Gasteiger partial charge on any atom is 0.140 e. The number of aromatic nitrogens is 2. The molecular weight excluding hydrogens is 260 g/mol. The van der Waals surface area contributed by atoms with Crippen LogP contribution in [0.1, 0.15) is 11.9 Å². The van der Waals surface area contributed by atoms with Crippen molar-refractivity contribution < 1.29 is 20.4 Å². The summed E-state index contributed by atoms with van der Waals surface area (Å²) in [5.74, 6) is 0.104. The standard InChI is InChI=1S/C11H13ClN2O4/c12-5-1-2-6-7(3-5)14-11(13-6)10(18)9(17)8(16)4-15/h1-3,8-10,15-18H,4H2,(H,13,14)/t8-,9-,10+/m1/s1. The molecule has 6 nitrogen and oxygen atoms in total. The van der Waals surface area contributed by atoms with Crippen LogP contribution in [0.25, 0.3) is 11.0 Å². The summed E-state index contributed by atoms with van der Waals surface area (Å²) >= 11 is 5.81. The second-order valence-corrected chi connectivity index (χ2v) is 4.41. The van der Waals surface area contributed by atoms with Gasteiger partial charge in [-0.3, -0.25) is 0 Å². The van der Waals surface area contributed by atoms with E-state index in [0.29, 0.717) is 16.1 Å². The second-order valence-electron chi connectivity index (χ2n) is 3.97. The van der Waals surface area contributed by atoms with Crippen LogP contribution in [0.2, 0.25) is 5.02 Å². The van der Waals surface area contributed by atoms with Crippen LogP contribution in [0.3, 0.4) is 0 Å². The van der Waals surface area contributed by atoms with Crippen LogP contribution in [-0.2, 0) is 0 Å². The number of benzene rings is 1. The lowest BCUT2D eigenvalue weighted by atomic mass is 10.1. The van der Waals surface area contributed by atoms with Gasteiger partial charge in [0.2, 0.25) is 0 Å². The molecule has 0 aliphatic rings. The topological polar surface area (TPSA) is 110 Å². The molecule has 0 amide bonds. The van der Waals surface area contributed by atoms with E-state index in [2.05, 4.69) is 9.97 Å². The van der Waals surface area contributed by atoms with Gasteiger partial charge in [0.1, 0.15) is 24.1 Å². The Morgan fingerprint density at radius 1 is 1.28 bits per heavy atom. The van der Waals surface area contributed by atoms with Crippen molar-refractivity contribution in [3.05, 3.63) is 29.0 Å². The molecule has 0 aliphatic carbocycles. The highest BCUT2D eigenvalue weighted by Gasteiger charge is 2.27. The van der Waals surface area contributed by atoms with Crippen molar-refractivity contribution in [1.29, 1.82) is 0 Å². The van der Waals surface area contributed by atoms with Crippen LogP contribution in [0, 0.1) is 0 Å². The van der Waals surface area contributed by atoms with Gasteiger partial charge in [-0.2, -0.15) is 0 Å². The van der Waals surface area contributed by atoms with Crippen LogP contribution < -0.4 is 0 Å². The van der Waals surface area contributed by atoms with E-state index in [1.165, 1.54) is 0 Å². The predicted molar refractivity (Wildman–Crippen MR) is 65.2 cm³/mol. The summed E-state index contributed by atoms with van der Waals surface area (Å²) in [5, 5.41) is 37.9. The summed E-state index contributed by atoms with van der Waals surface area (Å²) in [6, 6.07) is 4.95. The number of halogens is 1. The van der Waals surface area contributed by atoms with Crippen molar-refractivity contribution in [2.75, 3.05) is 6.61 Å². The van der Waals surface area contributed by atoms with Crippen molar-refractivity contribution in [3.8, 4) is 0 Å². The number of rotatable bonds is 4. The number of nitrogens with one attached hydrogen (secondary N) is 1. The molecule has 0 saturated heterocycles. The Morgan fingerprint density at radius 2 is 2.00 bits per heavy atom. The zero-order valence-electron chi connectivity index (χ0n) is 9.29. The number of imidazole rings is 1. The lowest BCUT2D eigenvalue weighted by molar-refractivity contribution is -0.0800. The number of nitrogens with zero attached hydrogens (tertiary/aromatic N) is 1. The normalized spacial score (nSPS) is 16.7. The van der Waals surface area contributed by atoms with Crippen molar-refractivity contribution in [1.82, 2.24) is 9.97 Å². The summed E-state index contributed by atoms with van der Waals surface area (Å²) in [6.07, 6.45) is -4.37. The Kier molecular flexibility index (Phi) is 3.84. The molecule has 0 saturated carbocycles. The van der Waals surface area contributed by atoms with E-state index in [9.17, 15) is 15.3 Å². The third-order valence-electron chi connectivity index (χ3n) is 2.65. The minimum Gasteiger partial charge on any atom is -0.394 e. The van der Waals surface area contributed by atoms with Crippen LogP contribution in [-0.4, -0.2) is 49.2 Å². The fourth-order valence-electron chi connectivity index (χ4n) is 1.62. The van der Waals surface area contributed by atoms with Crippen molar-refractivity contribution >= 4 is 22.6 Å². The summed E-state index contributed by atoms with van der Waals surface area (Å²) < 4.78 is 0. The molecule has 0 bridgehead atoms. The summed E-state index contributed by atoms with van der Waals surface area (Å²) in [6.45, 7) is -0.649. The first-order valence-corrected chi connectivity index (χ1v) is 5.71. The lowest BCUT2D eigenvalue weighted by Gasteiger charge is -2.19. The Hall–Kier alpha value is -1.18. The fourth-order valence-corrected chi connectivity index (χ4v) is 1.79. The number of aliphatic hydroxyl groups is 4. The average Bonchev–Trinajstić information content (AvgIpc) is 2.78. The molecule has 1 heterocycles. The number of hydrogen-bond acceptors (Lipinski definition) is 5. The highest BCUT2D eigenvalue weighted by atomic mass is 35.5. The summed E-state index contributed by atoms with van der Waals surface area (Å²) in [4.78, 5) is 6.87. The van der Waals surface area contributed by atoms with Crippen molar-refractivity contribution in [2.24, 2.45) is 0 Å². The zero-order valence-corrected chi connectivity index (χ0v) is 10.0. The molecule has 0 fully saturated rings. The van der Waals surface area contributed by atoms with Crippen LogP contribution in [0.5, 0.6) is 0 Å². The Bertz CT molecular complexity index is 545. The van der Waals surface area contributed by atoms with E-state index in [4.69, 9.17) is 16.7 Å². The van der Waals surface area contributed by atoms with Gasteiger partial charge >= 0.3 is 0 Å². The van der Waals surface area contributed by atoms with Gasteiger partial charge in [0.25, 0.3) is 0 Å². The maximum atomic E-state index is 9.81.